The lowest BCUT2D eigenvalue weighted by Gasteiger charge is -2.16. The zero-order chi connectivity index (χ0) is 22.0. The molecule has 4 aromatic rings. The number of aromatic nitrogens is 2. The van der Waals surface area contributed by atoms with Crippen molar-refractivity contribution in [1.29, 1.82) is 0 Å². The number of Topliss-reactive ketones (excluding diaryl/α,β-unsaturated/α-hetero) is 1. The molecular weight excluding hydrogens is 412 g/mol. The summed E-state index contributed by atoms with van der Waals surface area (Å²) in [4.78, 5) is 37.2. The van der Waals surface area contributed by atoms with E-state index in [-0.39, 0.29) is 6.42 Å². The number of hydrogen-bond acceptors (Lipinski definition) is 5. The van der Waals surface area contributed by atoms with Gasteiger partial charge in [-0.25, -0.2) is 0 Å². The molecule has 8 heteroatoms. The zero-order valence-electron chi connectivity index (χ0n) is 16.7. The first kappa shape index (κ1) is 20.5. The van der Waals surface area contributed by atoms with Gasteiger partial charge in [-0.05, 0) is 23.1 Å². The number of aryl methyl sites for hydroxylation is 1. The van der Waals surface area contributed by atoms with Crippen LogP contribution in [0.4, 0.5) is 0 Å². The third kappa shape index (κ3) is 4.24. The SMILES string of the molecule is Cn1cc(C(=O)NC(Cc2ccccc2)C(=O)C(N)=O)c(-c2cccc3sccc23)n1. The van der Waals surface area contributed by atoms with Crippen LogP contribution in [0.5, 0.6) is 0 Å². The van der Waals surface area contributed by atoms with Crippen LogP contribution >= 0.6 is 11.3 Å². The lowest BCUT2D eigenvalue weighted by molar-refractivity contribution is -0.137. The van der Waals surface area contributed by atoms with E-state index in [0.29, 0.717) is 11.3 Å². The van der Waals surface area contributed by atoms with E-state index in [1.165, 1.54) is 0 Å². The molecule has 2 aromatic heterocycles. The van der Waals surface area contributed by atoms with Gasteiger partial charge in [-0.1, -0.05) is 42.5 Å². The first-order valence-electron chi connectivity index (χ1n) is 9.62. The number of carbonyl (C=O) groups excluding carboxylic acids is 3. The molecule has 0 aliphatic heterocycles. The van der Waals surface area contributed by atoms with Crippen LogP contribution < -0.4 is 11.1 Å². The first-order chi connectivity index (χ1) is 14.9. The molecule has 31 heavy (non-hydrogen) atoms. The van der Waals surface area contributed by atoms with Gasteiger partial charge >= 0.3 is 0 Å². The number of ketones is 1. The van der Waals surface area contributed by atoms with Crippen LogP contribution in [0, 0.1) is 0 Å². The first-order valence-corrected chi connectivity index (χ1v) is 10.5. The standard InChI is InChI=1S/C23H20N4O3S/c1-27-13-17(20(26-27)16-8-5-9-19-15(16)10-11-31-19)23(30)25-18(21(28)22(24)29)12-14-6-3-2-4-7-14/h2-11,13,18H,12H2,1H3,(H2,24,29)(H,25,30). The van der Waals surface area contributed by atoms with E-state index in [1.54, 1.807) is 29.3 Å². The Kier molecular flexibility index (Phi) is 5.64. The van der Waals surface area contributed by atoms with E-state index >= 15 is 0 Å². The fourth-order valence-corrected chi connectivity index (χ4v) is 4.33. The van der Waals surface area contributed by atoms with Crippen molar-refractivity contribution < 1.29 is 14.4 Å². The van der Waals surface area contributed by atoms with Crippen LogP contribution in [0.25, 0.3) is 21.3 Å². The number of benzene rings is 2. The minimum absolute atomic E-state index is 0.157. The molecule has 2 aromatic carbocycles. The molecule has 0 saturated heterocycles. The highest BCUT2D eigenvalue weighted by atomic mass is 32.1. The van der Waals surface area contributed by atoms with E-state index < -0.39 is 23.6 Å². The molecule has 0 radical (unpaired) electrons. The van der Waals surface area contributed by atoms with Crippen LogP contribution in [0.2, 0.25) is 0 Å². The second-order valence-corrected chi connectivity index (χ2v) is 8.10. The largest absolute Gasteiger partial charge is 0.363 e. The van der Waals surface area contributed by atoms with Gasteiger partial charge in [-0.3, -0.25) is 19.1 Å². The molecule has 156 valence electrons. The Labute approximate surface area is 182 Å². The third-order valence-electron chi connectivity index (χ3n) is 4.97. The Morgan fingerprint density at radius 3 is 2.61 bits per heavy atom. The van der Waals surface area contributed by atoms with Crippen LogP contribution in [0.3, 0.4) is 0 Å². The number of hydrogen-bond donors (Lipinski definition) is 2. The minimum Gasteiger partial charge on any atom is -0.363 e. The summed E-state index contributed by atoms with van der Waals surface area (Å²) < 4.78 is 2.64. The molecule has 0 spiro atoms. The summed E-state index contributed by atoms with van der Waals surface area (Å²) in [6.45, 7) is 0. The monoisotopic (exact) mass is 432 g/mol. The quantitative estimate of drug-likeness (QED) is 0.438. The molecule has 0 bridgehead atoms. The van der Waals surface area contributed by atoms with E-state index in [1.807, 2.05) is 60.0 Å². The Morgan fingerprint density at radius 2 is 1.87 bits per heavy atom. The molecule has 0 aliphatic rings. The fraction of sp³-hybridized carbons (Fsp3) is 0.130. The molecular formula is C23H20N4O3S. The summed E-state index contributed by atoms with van der Waals surface area (Å²) in [6.07, 6.45) is 1.76. The Bertz CT molecular complexity index is 1280. The zero-order valence-corrected chi connectivity index (χ0v) is 17.6. The number of rotatable bonds is 7. The van der Waals surface area contributed by atoms with Crippen molar-refractivity contribution in [3.05, 3.63) is 77.3 Å². The Balaban J connectivity index is 1.68. The summed E-state index contributed by atoms with van der Waals surface area (Å²) in [5, 5.41) is 10.2. The van der Waals surface area contributed by atoms with Crippen molar-refractivity contribution in [3.8, 4) is 11.3 Å². The van der Waals surface area contributed by atoms with Gasteiger partial charge < -0.3 is 11.1 Å². The molecule has 2 amide bonds. The van der Waals surface area contributed by atoms with Gasteiger partial charge in [0.25, 0.3) is 11.8 Å². The number of amides is 2. The molecule has 4 rings (SSSR count). The van der Waals surface area contributed by atoms with E-state index in [9.17, 15) is 14.4 Å². The Morgan fingerprint density at radius 1 is 1.10 bits per heavy atom. The number of thiophene rings is 1. The lowest BCUT2D eigenvalue weighted by Crippen LogP contribution is -2.47. The summed E-state index contributed by atoms with van der Waals surface area (Å²) in [5.74, 6) is -2.43. The molecule has 2 heterocycles. The molecule has 1 atom stereocenters. The van der Waals surface area contributed by atoms with Crippen molar-refractivity contribution in [2.24, 2.45) is 12.8 Å². The number of primary amides is 1. The van der Waals surface area contributed by atoms with Gasteiger partial charge in [-0.2, -0.15) is 5.10 Å². The summed E-state index contributed by atoms with van der Waals surface area (Å²) in [5.41, 5.74) is 7.68. The van der Waals surface area contributed by atoms with Gasteiger partial charge in [0.2, 0.25) is 5.78 Å². The maximum absolute atomic E-state index is 13.2. The van der Waals surface area contributed by atoms with Crippen LogP contribution in [-0.4, -0.2) is 33.4 Å². The molecule has 7 nitrogen and oxygen atoms in total. The Hall–Kier alpha value is -3.78. The van der Waals surface area contributed by atoms with Crippen molar-refractivity contribution >= 4 is 39.0 Å². The van der Waals surface area contributed by atoms with Crippen LogP contribution in [-0.2, 0) is 23.1 Å². The van der Waals surface area contributed by atoms with E-state index in [0.717, 1.165) is 21.2 Å². The number of nitrogens with two attached hydrogens (primary N) is 1. The van der Waals surface area contributed by atoms with Gasteiger partial charge in [0.15, 0.2) is 0 Å². The fourth-order valence-electron chi connectivity index (χ4n) is 3.52. The van der Waals surface area contributed by atoms with Crippen molar-refractivity contribution in [2.45, 2.75) is 12.5 Å². The van der Waals surface area contributed by atoms with E-state index in [4.69, 9.17) is 5.73 Å². The molecule has 0 saturated carbocycles. The maximum Gasteiger partial charge on any atom is 0.287 e. The van der Waals surface area contributed by atoms with Crippen molar-refractivity contribution in [1.82, 2.24) is 15.1 Å². The molecule has 1 unspecified atom stereocenters. The van der Waals surface area contributed by atoms with Crippen LogP contribution in [0.1, 0.15) is 15.9 Å². The average molecular weight is 433 g/mol. The minimum atomic E-state index is -1.09. The van der Waals surface area contributed by atoms with Crippen LogP contribution in [0.15, 0.2) is 66.2 Å². The summed E-state index contributed by atoms with van der Waals surface area (Å²) >= 11 is 1.61. The normalized spacial score (nSPS) is 11.9. The predicted molar refractivity (Wildman–Crippen MR) is 120 cm³/mol. The molecule has 0 aliphatic carbocycles. The van der Waals surface area contributed by atoms with Gasteiger partial charge in [-0.15, -0.1) is 11.3 Å². The smallest absolute Gasteiger partial charge is 0.287 e. The van der Waals surface area contributed by atoms with E-state index in [2.05, 4.69) is 10.4 Å². The summed E-state index contributed by atoms with van der Waals surface area (Å²) in [7, 11) is 1.73. The highest BCUT2D eigenvalue weighted by Crippen LogP contribution is 2.32. The maximum atomic E-state index is 13.2. The lowest BCUT2D eigenvalue weighted by atomic mass is 10.0. The molecule has 0 fully saturated rings. The topological polar surface area (TPSA) is 107 Å². The number of fused-ring (bicyclic) bond motifs is 1. The van der Waals surface area contributed by atoms with Gasteiger partial charge in [0, 0.05) is 35.3 Å². The highest BCUT2D eigenvalue weighted by molar-refractivity contribution is 7.17. The second kappa shape index (κ2) is 8.53. The van der Waals surface area contributed by atoms with Gasteiger partial charge in [0.1, 0.15) is 11.7 Å². The highest BCUT2D eigenvalue weighted by Gasteiger charge is 2.28. The third-order valence-corrected chi connectivity index (χ3v) is 5.85. The number of nitrogens with zero attached hydrogens (tertiary/aromatic N) is 2. The van der Waals surface area contributed by atoms with Crippen molar-refractivity contribution in [3.63, 3.8) is 0 Å². The second-order valence-electron chi connectivity index (χ2n) is 7.15. The van der Waals surface area contributed by atoms with Gasteiger partial charge in [0.05, 0.1) is 5.56 Å². The average Bonchev–Trinajstić information content (AvgIpc) is 3.39. The number of nitrogens with one attached hydrogen (secondary N) is 1. The predicted octanol–water partition coefficient (Wildman–Crippen LogP) is 2.70. The van der Waals surface area contributed by atoms with Crippen molar-refractivity contribution in [2.75, 3.05) is 0 Å². The number of carbonyl (C=O) groups is 3. The summed E-state index contributed by atoms with van der Waals surface area (Å²) in [6, 6.07) is 15.9. The molecule has 3 N–H and O–H groups in total.